The maximum atomic E-state index is 12.9. The van der Waals surface area contributed by atoms with E-state index in [9.17, 15) is 27.9 Å². The van der Waals surface area contributed by atoms with Gasteiger partial charge >= 0.3 is 12.1 Å². The average molecular weight is 398 g/mol. The number of thiazole rings is 1. The molecule has 1 aliphatic carbocycles. The molecule has 0 radical (unpaired) electrons. The minimum absolute atomic E-state index is 0.189. The number of amides is 1. The lowest BCUT2D eigenvalue weighted by atomic mass is 10.0. The Kier molecular flexibility index (Phi) is 5.23. The zero-order valence-corrected chi connectivity index (χ0v) is 15.2. The van der Waals surface area contributed by atoms with Crippen LogP contribution in [0.2, 0.25) is 0 Å². The zero-order valence-electron chi connectivity index (χ0n) is 14.4. The van der Waals surface area contributed by atoms with Crippen LogP contribution in [0.15, 0.2) is 29.3 Å². The van der Waals surface area contributed by atoms with Gasteiger partial charge in [0.25, 0.3) is 5.91 Å². The third-order valence-corrected chi connectivity index (χ3v) is 5.64. The molecule has 2 aromatic rings. The first kappa shape index (κ1) is 19.3. The standard InChI is InChI=1S/C18H17F3N2O3S/c1-10(16(25)26)23-13-7-2-3-8-14(13)27-17(23)22-15(24)11-5-4-6-12(9-11)18(19,20)21/h4-6,9-10H,2-3,7-8H2,1H3,(H,25,26). The number of carbonyl (C=O) groups excluding carboxylic acids is 1. The van der Waals surface area contributed by atoms with Gasteiger partial charge in [0.1, 0.15) is 6.04 Å². The number of halogens is 3. The number of hydrogen-bond acceptors (Lipinski definition) is 3. The van der Waals surface area contributed by atoms with Crippen LogP contribution in [-0.2, 0) is 23.8 Å². The van der Waals surface area contributed by atoms with Crippen molar-refractivity contribution < 1.29 is 27.9 Å². The summed E-state index contributed by atoms with van der Waals surface area (Å²) in [7, 11) is 0. The minimum Gasteiger partial charge on any atom is -0.480 e. The summed E-state index contributed by atoms with van der Waals surface area (Å²) in [5.41, 5.74) is -0.275. The smallest absolute Gasteiger partial charge is 0.416 e. The summed E-state index contributed by atoms with van der Waals surface area (Å²) in [5.74, 6) is -1.89. The van der Waals surface area contributed by atoms with Gasteiger partial charge in [-0.2, -0.15) is 18.2 Å². The number of carboxylic acid groups (broad SMARTS) is 1. The van der Waals surface area contributed by atoms with Crippen molar-refractivity contribution in [1.29, 1.82) is 0 Å². The van der Waals surface area contributed by atoms with Gasteiger partial charge in [-0.3, -0.25) is 4.79 Å². The maximum absolute atomic E-state index is 12.9. The van der Waals surface area contributed by atoms with E-state index in [-0.39, 0.29) is 10.4 Å². The Labute approximate surface area is 156 Å². The van der Waals surface area contributed by atoms with Crippen LogP contribution in [0.1, 0.15) is 52.3 Å². The number of carbonyl (C=O) groups is 2. The van der Waals surface area contributed by atoms with E-state index in [0.29, 0.717) is 6.42 Å². The number of fused-ring (bicyclic) bond motifs is 1. The molecule has 1 unspecified atom stereocenters. The van der Waals surface area contributed by atoms with Gasteiger partial charge in [-0.25, -0.2) is 4.79 Å². The molecule has 144 valence electrons. The predicted molar refractivity (Wildman–Crippen MR) is 92.6 cm³/mol. The van der Waals surface area contributed by atoms with Crippen LogP contribution in [0.4, 0.5) is 13.2 Å². The van der Waals surface area contributed by atoms with E-state index in [4.69, 9.17) is 0 Å². The molecule has 0 fully saturated rings. The quantitative estimate of drug-likeness (QED) is 0.854. The molecular weight excluding hydrogens is 381 g/mol. The van der Waals surface area contributed by atoms with Crippen LogP contribution in [0.3, 0.4) is 0 Å². The number of aryl methyl sites for hydroxylation is 1. The highest BCUT2D eigenvalue weighted by Crippen LogP contribution is 2.30. The zero-order chi connectivity index (χ0) is 19.8. The Bertz CT molecular complexity index is 959. The first-order chi connectivity index (χ1) is 12.7. The number of aromatic nitrogens is 1. The molecule has 1 atom stereocenters. The van der Waals surface area contributed by atoms with E-state index in [2.05, 4.69) is 4.99 Å². The Morgan fingerprint density at radius 1 is 1.26 bits per heavy atom. The van der Waals surface area contributed by atoms with Gasteiger partial charge in [0.05, 0.1) is 5.56 Å². The predicted octanol–water partition coefficient (Wildman–Crippen LogP) is 3.83. The number of aliphatic carboxylic acids is 1. The number of hydrogen-bond donors (Lipinski definition) is 1. The Morgan fingerprint density at radius 2 is 1.96 bits per heavy atom. The summed E-state index contributed by atoms with van der Waals surface area (Å²) >= 11 is 1.23. The van der Waals surface area contributed by atoms with Gasteiger partial charge in [-0.15, -0.1) is 11.3 Å². The van der Waals surface area contributed by atoms with Crippen molar-refractivity contribution in [1.82, 2.24) is 4.57 Å². The van der Waals surface area contributed by atoms with Crippen molar-refractivity contribution in [3.05, 3.63) is 50.8 Å². The van der Waals surface area contributed by atoms with E-state index in [1.54, 1.807) is 0 Å². The molecule has 0 saturated heterocycles. The van der Waals surface area contributed by atoms with Crippen molar-refractivity contribution >= 4 is 23.2 Å². The average Bonchev–Trinajstić information content (AvgIpc) is 2.98. The summed E-state index contributed by atoms with van der Waals surface area (Å²) in [6.45, 7) is 1.50. The van der Waals surface area contributed by atoms with Gasteiger partial charge in [-0.1, -0.05) is 6.07 Å². The first-order valence-electron chi connectivity index (χ1n) is 8.40. The summed E-state index contributed by atoms with van der Waals surface area (Å²) in [6, 6.07) is 3.13. The molecule has 5 nitrogen and oxygen atoms in total. The molecule has 1 aromatic carbocycles. The van der Waals surface area contributed by atoms with E-state index >= 15 is 0 Å². The molecule has 1 heterocycles. The Balaban J connectivity index is 2.08. The molecule has 9 heteroatoms. The molecule has 1 aliphatic rings. The first-order valence-corrected chi connectivity index (χ1v) is 9.22. The lowest BCUT2D eigenvalue weighted by molar-refractivity contribution is -0.140. The summed E-state index contributed by atoms with van der Waals surface area (Å²) in [4.78, 5) is 29.1. The monoisotopic (exact) mass is 398 g/mol. The molecule has 1 amide bonds. The van der Waals surface area contributed by atoms with Crippen molar-refractivity contribution in [2.45, 2.75) is 44.8 Å². The van der Waals surface area contributed by atoms with Crippen LogP contribution in [0, 0.1) is 0 Å². The van der Waals surface area contributed by atoms with Gasteiger partial charge in [0.15, 0.2) is 4.80 Å². The second kappa shape index (κ2) is 7.30. The molecule has 0 bridgehead atoms. The Hall–Kier alpha value is -2.42. The number of nitrogens with zero attached hydrogens (tertiary/aromatic N) is 2. The van der Waals surface area contributed by atoms with Crippen molar-refractivity contribution in [3.63, 3.8) is 0 Å². The third kappa shape index (κ3) is 3.97. The maximum Gasteiger partial charge on any atom is 0.416 e. The fourth-order valence-electron chi connectivity index (χ4n) is 3.07. The van der Waals surface area contributed by atoms with Gasteiger partial charge in [0, 0.05) is 16.1 Å². The van der Waals surface area contributed by atoms with Gasteiger partial charge in [-0.05, 0) is 50.8 Å². The number of carboxylic acids is 1. The number of rotatable bonds is 3. The van der Waals surface area contributed by atoms with Gasteiger partial charge < -0.3 is 9.67 Å². The molecule has 1 aromatic heterocycles. The van der Waals surface area contributed by atoms with E-state index in [0.717, 1.165) is 48.0 Å². The minimum atomic E-state index is -4.56. The topological polar surface area (TPSA) is 71.7 Å². The van der Waals surface area contributed by atoms with E-state index in [1.165, 1.54) is 28.9 Å². The molecule has 27 heavy (non-hydrogen) atoms. The van der Waals surface area contributed by atoms with Crippen molar-refractivity contribution in [2.24, 2.45) is 4.99 Å². The summed E-state index contributed by atoms with van der Waals surface area (Å²) in [5, 5.41) is 9.39. The second-order valence-electron chi connectivity index (χ2n) is 6.34. The van der Waals surface area contributed by atoms with Crippen LogP contribution in [0.5, 0.6) is 0 Å². The SMILES string of the molecule is CC(C(=O)O)n1c2c(sc1=NC(=O)c1cccc(C(F)(F)F)c1)CCCC2. The van der Waals surface area contributed by atoms with Crippen LogP contribution < -0.4 is 4.80 Å². The molecular formula is C18H17F3N2O3S. The van der Waals surface area contributed by atoms with Crippen molar-refractivity contribution in [3.8, 4) is 0 Å². The van der Waals surface area contributed by atoms with Crippen LogP contribution in [-0.4, -0.2) is 21.6 Å². The highest BCUT2D eigenvalue weighted by Gasteiger charge is 2.31. The molecule has 3 rings (SSSR count). The highest BCUT2D eigenvalue weighted by molar-refractivity contribution is 7.09. The number of alkyl halides is 3. The van der Waals surface area contributed by atoms with E-state index in [1.807, 2.05) is 0 Å². The number of benzene rings is 1. The molecule has 0 aliphatic heterocycles. The summed E-state index contributed by atoms with van der Waals surface area (Å²) < 4.78 is 40.1. The van der Waals surface area contributed by atoms with E-state index < -0.39 is 29.7 Å². The lowest BCUT2D eigenvalue weighted by Gasteiger charge is -2.17. The fraction of sp³-hybridized carbons (Fsp3) is 0.389. The largest absolute Gasteiger partial charge is 0.480 e. The molecule has 1 N–H and O–H groups in total. The highest BCUT2D eigenvalue weighted by atomic mass is 32.1. The lowest BCUT2D eigenvalue weighted by Crippen LogP contribution is -2.28. The van der Waals surface area contributed by atoms with Gasteiger partial charge in [0.2, 0.25) is 0 Å². The summed E-state index contributed by atoms with van der Waals surface area (Å²) in [6.07, 6.45) is -1.21. The molecule has 0 spiro atoms. The van der Waals surface area contributed by atoms with Crippen LogP contribution in [0.25, 0.3) is 0 Å². The fourth-order valence-corrected chi connectivity index (χ4v) is 4.35. The molecule has 0 saturated carbocycles. The normalized spacial score (nSPS) is 16.1. The Morgan fingerprint density at radius 3 is 2.63 bits per heavy atom. The second-order valence-corrected chi connectivity index (χ2v) is 7.40. The third-order valence-electron chi connectivity index (χ3n) is 4.48. The van der Waals surface area contributed by atoms with Crippen molar-refractivity contribution in [2.75, 3.05) is 0 Å². The van der Waals surface area contributed by atoms with Crippen LogP contribution >= 0.6 is 11.3 Å².